The van der Waals surface area contributed by atoms with E-state index in [1.807, 2.05) is 18.2 Å². The van der Waals surface area contributed by atoms with Gasteiger partial charge in [0.1, 0.15) is 17.2 Å². The normalized spacial score (nSPS) is 16.5. The minimum atomic E-state index is -4.71. The number of alkyl halides is 3. The second kappa shape index (κ2) is 8.70. The molecule has 0 saturated carbocycles. The van der Waals surface area contributed by atoms with Gasteiger partial charge in [0.05, 0.1) is 20.3 Å². The van der Waals surface area contributed by atoms with Gasteiger partial charge in [-0.1, -0.05) is 12.1 Å². The van der Waals surface area contributed by atoms with Crippen molar-refractivity contribution in [3.63, 3.8) is 0 Å². The van der Waals surface area contributed by atoms with E-state index in [1.54, 1.807) is 26.4 Å². The summed E-state index contributed by atoms with van der Waals surface area (Å²) in [5, 5.41) is 3.32. The number of halogens is 3. The Hall–Kier alpha value is -2.45. The van der Waals surface area contributed by atoms with Crippen LogP contribution in [0.3, 0.4) is 0 Å². The first-order chi connectivity index (χ1) is 13.4. The van der Waals surface area contributed by atoms with Crippen molar-refractivity contribution in [1.82, 2.24) is 10.2 Å². The lowest BCUT2D eigenvalue weighted by atomic mass is 9.95. The highest BCUT2D eigenvalue weighted by Gasteiger charge is 2.31. The van der Waals surface area contributed by atoms with Crippen LogP contribution < -0.4 is 19.5 Å². The predicted octanol–water partition coefficient (Wildman–Crippen LogP) is 3.60. The average molecular weight is 396 g/mol. The molecule has 0 bridgehead atoms. The van der Waals surface area contributed by atoms with Crippen molar-refractivity contribution in [3.05, 3.63) is 53.6 Å². The summed E-state index contributed by atoms with van der Waals surface area (Å²) in [5.74, 6) is 1.10. The monoisotopic (exact) mass is 396 g/mol. The first-order valence-corrected chi connectivity index (χ1v) is 8.93. The molecule has 28 heavy (non-hydrogen) atoms. The molecule has 5 nitrogen and oxygen atoms in total. The quantitative estimate of drug-likeness (QED) is 0.808. The van der Waals surface area contributed by atoms with Crippen LogP contribution in [0.2, 0.25) is 0 Å². The van der Waals surface area contributed by atoms with Gasteiger partial charge in [-0.2, -0.15) is 0 Å². The Balaban J connectivity index is 1.98. The second-order valence-corrected chi connectivity index (χ2v) is 6.41. The lowest BCUT2D eigenvalue weighted by molar-refractivity contribution is -0.274. The summed E-state index contributed by atoms with van der Waals surface area (Å²) < 4.78 is 52.2. The summed E-state index contributed by atoms with van der Waals surface area (Å²) in [6.45, 7) is 3.29. The molecular weight excluding hydrogens is 373 g/mol. The van der Waals surface area contributed by atoms with Gasteiger partial charge in [-0.15, -0.1) is 13.2 Å². The lowest BCUT2D eigenvalue weighted by Gasteiger charge is -2.36. The van der Waals surface area contributed by atoms with Crippen molar-refractivity contribution < 1.29 is 27.4 Å². The fourth-order valence-corrected chi connectivity index (χ4v) is 3.42. The molecule has 152 valence electrons. The Kier molecular flexibility index (Phi) is 6.31. The van der Waals surface area contributed by atoms with E-state index in [9.17, 15) is 13.2 Å². The number of hydrogen-bond donors (Lipinski definition) is 1. The largest absolute Gasteiger partial charge is 0.573 e. The third-order valence-electron chi connectivity index (χ3n) is 4.68. The molecular formula is C20H23F3N2O3. The number of ether oxygens (including phenoxy) is 3. The van der Waals surface area contributed by atoms with Gasteiger partial charge in [0, 0.05) is 37.8 Å². The smallest absolute Gasteiger partial charge is 0.497 e. The first-order valence-electron chi connectivity index (χ1n) is 8.93. The maximum Gasteiger partial charge on any atom is 0.573 e. The summed E-state index contributed by atoms with van der Waals surface area (Å²) in [5.41, 5.74) is 1.79. The zero-order chi connectivity index (χ0) is 20.1. The van der Waals surface area contributed by atoms with Gasteiger partial charge in [0.25, 0.3) is 0 Å². The number of rotatable bonds is 6. The minimum absolute atomic E-state index is 0.164. The molecule has 1 fully saturated rings. The summed E-state index contributed by atoms with van der Waals surface area (Å²) in [4.78, 5) is 2.28. The molecule has 1 saturated heterocycles. The molecule has 2 aromatic rings. The fraction of sp³-hybridized carbons (Fsp3) is 0.400. The van der Waals surface area contributed by atoms with Crippen molar-refractivity contribution in [2.75, 3.05) is 40.4 Å². The zero-order valence-corrected chi connectivity index (χ0v) is 15.8. The topological polar surface area (TPSA) is 43.0 Å². The number of nitrogens with one attached hydrogen (secondary N) is 1. The van der Waals surface area contributed by atoms with Gasteiger partial charge < -0.3 is 19.5 Å². The van der Waals surface area contributed by atoms with Gasteiger partial charge in [-0.3, -0.25) is 4.90 Å². The van der Waals surface area contributed by atoms with Crippen LogP contribution in [0.5, 0.6) is 17.2 Å². The maximum atomic E-state index is 12.5. The Bertz CT molecular complexity index is 775. The second-order valence-electron chi connectivity index (χ2n) is 6.41. The highest BCUT2D eigenvalue weighted by Crippen LogP contribution is 2.37. The van der Waals surface area contributed by atoms with Gasteiger partial charge >= 0.3 is 6.36 Å². The van der Waals surface area contributed by atoms with Crippen LogP contribution in [0.15, 0.2) is 42.5 Å². The van der Waals surface area contributed by atoms with Gasteiger partial charge in [-0.05, 0) is 29.8 Å². The number of benzene rings is 2. The summed E-state index contributed by atoms with van der Waals surface area (Å²) in [6.07, 6.45) is -4.71. The van der Waals surface area contributed by atoms with Gasteiger partial charge in [-0.25, -0.2) is 0 Å². The number of hydrogen-bond acceptors (Lipinski definition) is 5. The van der Waals surface area contributed by atoms with Crippen LogP contribution in [0, 0.1) is 0 Å². The van der Waals surface area contributed by atoms with Crippen LogP contribution in [-0.4, -0.2) is 51.7 Å². The SMILES string of the molecule is COc1ccc([C@H](c2ccc(OC(F)(F)F)cc2)N2CCNCC2)c(OC)c1. The number of methoxy groups -OCH3 is 2. The molecule has 0 unspecified atom stereocenters. The van der Waals surface area contributed by atoms with Crippen LogP contribution in [0.25, 0.3) is 0 Å². The highest BCUT2D eigenvalue weighted by molar-refractivity contribution is 5.47. The van der Waals surface area contributed by atoms with Crippen molar-refractivity contribution in [1.29, 1.82) is 0 Å². The predicted molar refractivity (Wildman–Crippen MR) is 99.0 cm³/mol. The lowest BCUT2D eigenvalue weighted by Crippen LogP contribution is -2.45. The van der Waals surface area contributed by atoms with E-state index >= 15 is 0 Å². The maximum absolute atomic E-state index is 12.5. The Labute approximate surface area is 162 Å². The first kappa shape index (κ1) is 20.3. The van der Waals surface area contributed by atoms with E-state index in [1.165, 1.54) is 12.1 Å². The van der Waals surface area contributed by atoms with E-state index in [0.29, 0.717) is 11.5 Å². The van der Waals surface area contributed by atoms with E-state index in [-0.39, 0.29) is 11.8 Å². The van der Waals surface area contributed by atoms with Gasteiger partial charge in [0.2, 0.25) is 0 Å². The van der Waals surface area contributed by atoms with Crippen molar-refractivity contribution in [3.8, 4) is 17.2 Å². The van der Waals surface area contributed by atoms with E-state index in [2.05, 4.69) is 15.0 Å². The minimum Gasteiger partial charge on any atom is -0.497 e. The molecule has 1 atom stereocenters. The molecule has 1 heterocycles. The molecule has 2 aromatic carbocycles. The molecule has 0 radical (unpaired) electrons. The molecule has 0 aliphatic carbocycles. The highest BCUT2D eigenvalue weighted by atomic mass is 19.4. The Morgan fingerprint density at radius 1 is 0.929 bits per heavy atom. The molecule has 1 aliphatic rings. The van der Waals surface area contributed by atoms with Crippen LogP contribution in [-0.2, 0) is 0 Å². The summed E-state index contributed by atoms with van der Waals surface area (Å²) >= 11 is 0. The standard InChI is InChI=1S/C20H23F3N2O3/c1-26-16-7-8-17(18(13-16)27-2)19(25-11-9-24-10-12-25)14-3-5-15(6-4-14)28-20(21,22)23/h3-8,13,19,24H,9-12H2,1-2H3/t19-/m0/s1. The average Bonchev–Trinajstić information content (AvgIpc) is 2.69. The van der Waals surface area contributed by atoms with E-state index in [4.69, 9.17) is 9.47 Å². The van der Waals surface area contributed by atoms with Crippen molar-refractivity contribution >= 4 is 0 Å². The third kappa shape index (κ3) is 4.88. The molecule has 1 N–H and O–H groups in total. The molecule has 0 amide bonds. The molecule has 8 heteroatoms. The third-order valence-corrected chi connectivity index (χ3v) is 4.68. The molecule has 0 spiro atoms. The van der Waals surface area contributed by atoms with E-state index in [0.717, 1.165) is 37.3 Å². The summed E-state index contributed by atoms with van der Waals surface area (Å²) in [7, 11) is 3.18. The van der Waals surface area contributed by atoms with Crippen molar-refractivity contribution in [2.45, 2.75) is 12.4 Å². The van der Waals surface area contributed by atoms with E-state index < -0.39 is 6.36 Å². The van der Waals surface area contributed by atoms with Crippen LogP contribution >= 0.6 is 0 Å². The van der Waals surface area contributed by atoms with Crippen LogP contribution in [0.4, 0.5) is 13.2 Å². The summed E-state index contributed by atoms with van der Waals surface area (Å²) in [6, 6.07) is 11.4. The Morgan fingerprint density at radius 2 is 1.57 bits per heavy atom. The number of piperazine rings is 1. The molecule has 3 rings (SSSR count). The number of nitrogens with zero attached hydrogens (tertiary/aromatic N) is 1. The van der Waals surface area contributed by atoms with Crippen molar-refractivity contribution in [2.24, 2.45) is 0 Å². The molecule has 1 aliphatic heterocycles. The van der Waals surface area contributed by atoms with Crippen LogP contribution in [0.1, 0.15) is 17.2 Å². The zero-order valence-electron chi connectivity index (χ0n) is 15.8. The molecule has 0 aromatic heterocycles. The van der Waals surface area contributed by atoms with Gasteiger partial charge in [0.15, 0.2) is 0 Å². The Morgan fingerprint density at radius 3 is 2.14 bits per heavy atom. The fourth-order valence-electron chi connectivity index (χ4n) is 3.42.